The zero-order valence-corrected chi connectivity index (χ0v) is 11.8. The van der Waals surface area contributed by atoms with E-state index in [1.165, 1.54) is 23.5 Å². The topological polar surface area (TPSA) is 82.3 Å². The molecule has 0 amide bonds. The van der Waals surface area contributed by atoms with Gasteiger partial charge in [-0.25, -0.2) is 4.98 Å². The van der Waals surface area contributed by atoms with Crippen LogP contribution in [0.1, 0.15) is 6.92 Å². The molecule has 6 nitrogen and oxygen atoms in total. The molecule has 0 saturated heterocycles. The number of benzene rings is 1. The number of non-ortho nitro benzene ring substituents is 1. The number of nitro benzene ring substituents is 1. The van der Waals surface area contributed by atoms with Gasteiger partial charge in [-0.15, -0.1) is 11.3 Å². The van der Waals surface area contributed by atoms with Crippen LogP contribution in [0.5, 0.6) is 0 Å². The van der Waals surface area contributed by atoms with Gasteiger partial charge in [-0.1, -0.05) is 0 Å². The first-order chi connectivity index (χ1) is 9.11. The lowest BCUT2D eigenvalue weighted by molar-refractivity contribution is -0.384. The fourth-order valence-electron chi connectivity index (χ4n) is 1.47. The normalized spacial score (nSPS) is 12.7. The van der Waals surface area contributed by atoms with Gasteiger partial charge in [0, 0.05) is 18.7 Å². The van der Waals surface area contributed by atoms with E-state index in [9.17, 15) is 14.3 Å². The number of rotatable bonds is 6. The maximum Gasteiger partial charge on any atom is 0.271 e. The first-order valence-corrected chi connectivity index (χ1v) is 7.76. The lowest BCUT2D eigenvalue weighted by Gasteiger charge is -1.98. The number of thiazole rings is 1. The van der Waals surface area contributed by atoms with Crippen LogP contribution in [0.3, 0.4) is 0 Å². The molecule has 0 aliphatic rings. The lowest BCUT2D eigenvalue weighted by atomic mass is 10.3. The molecule has 0 fully saturated rings. The smallest absolute Gasteiger partial charge is 0.271 e. The zero-order valence-electron chi connectivity index (χ0n) is 10.2. The minimum Gasteiger partial charge on any atom is -0.381 e. The molecule has 1 heterocycles. The van der Waals surface area contributed by atoms with E-state index in [4.69, 9.17) is 4.74 Å². The Hall–Kier alpha value is -1.38. The highest BCUT2D eigenvalue weighted by atomic mass is 32.2. The molecule has 19 heavy (non-hydrogen) atoms. The molecule has 1 atom stereocenters. The molecule has 0 saturated carbocycles. The van der Waals surface area contributed by atoms with Crippen LogP contribution in [0.15, 0.2) is 22.5 Å². The second-order valence-corrected chi connectivity index (χ2v) is 6.41. The summed E-state index contributed by atoms with van der Waals surface area (Å²) in [6.45, 7) is 2.88. The quantitative estimate of drug-likeness (QED) is 0.464. The highest BCUT2D eigenvalue weighted by Gasteiger charge is 2.13. The Bertz CT molecular complexity index is 626. The molecular formula is C11H12N2O4S2. The van der Waals surface area contributed by atoms with E-state index in [1.54, 1.807) is 6.07 Å². The molecule has 1 aromatic carbocycles. The summed E-state index contributed by atoms with van der Waals surface area (Å²) in [5.74, 6) is 0.385. The second kappa shape index (κ2) is 6.18. The van der Waals surface area contributed by atoms with Gasteiger partial charge in [0.25, 0.3) is 5.69 Å². The van der Waals surface area contributed by atoms with Crippen LogP contribution in [0, 0.1) is 10.1 Å². The molecule has 2 aromatic rings. The zero-order chi connectivity index (χ0) is 13.8. The van der Waals surface area contributed by atoms with Crippen LogP contribution in [-0.4, -0.2) is 33.1 Å². The maximum absolute atomic E-state index is 12.0. The molecule has 0 aliphatic carbocycles. The third kappa shape index (κ3) is 3.34. The van der Waals surface area contributed by atoms with Gasteiger partial charge in [-0.05, 0) is 13.0 Å². The van der Waals surface area contributed by atoms with Crippen LogP contribution < -0.4 is 0 Å². The summed E-state index contributed by atoms with van der Waals surface area (Å²) in [5.41, 5.74) is 0.503. The highest BCUT2D eigenvalue weighted by Crippen LogP contribution is 2.27. The second-order valence-electron chi connectivity index (χ2n) is 3.64. The maximum atomic E-state index is 12.0. The largest absolute Gasteiger partial charge is 0.381 e. The van der Waals surface area contributed by atoms with Crippen molar-refractivity contribution in [2.24, 2.45) is 0 Å². The Balaban J connectivity index is 2.21. The van der Waals surface area contributed by atoms with E-state index in [-0.39, 0.29) is 5.69 Å². The number of ether oxygens (including phenoxy) is 1. The van der Waals surface area contributed by atoms with Crippen molar-refractivity contribution in [3.05, 3.63) is 28.3 Å². The Labute approximate surface area is 116 Å². The van der Waals surface area contributed by atoms with Crippen molar-refractivity contribution < 1.29 is 13.9 Å². The molecule has 2 rings (SSSR count). The summed E-state index contributed by atoms with van der Waals surface area (Å²) in [6.07, 6.45) is 0. The highest BCUT2D eigenvalue weighted by molar-refractivity contribution is 7.87. The standard InChI is InChI=1S/C11H12N2O4S2/c1-2-17-5-6-19(16)11-12-9-7-8(13(14)15)3-4-10(9)18-11/h3-4,7H,2,5-6H2,1H3. The van der Waals surface area contributed by atoms with Gasteiger partial charge in [0.1, 0.15) is 0 Å². The lowest BCUT2D eigenvalue weighted by Crippen LogP contribution is -2.05. The molecular weight excluding hydrogens is 288 g/mol. The van der Waals surface area contributed by atoms with Crippen molar-refractivity contribution in [3.8, 4) is 0 Å². The first kappa shape index (κ1) is 14.0. The van der Waals surface area contributed by atoms with Crippen LogP contribution in [0.4, 0.5) is 5.69 Å². The van der Waals surface area contributed by atoms with Crippen molar-refractivity contribution in [2.75, 3.05) is 19.0 Å². The first-order valence-electron chi connectivity index (χ1n) is 5.63. The van der Waals surface area contributed by atoms with E-state index in [2.05, 4.69) is 4.98 Å². The van der Waals surface area contributed by atoms with Crippen LogP contribution in [0.25, 0.3) is 10.2 Å². The number of nitro groups is 1. The average Bonchev–Trinajstić information content (AvgIpc) is 2.81. The third-order valence-corrected chi connectivity index (χ3v) is 5.03. The summed E-state index contributed by atoms with van der Waals surface area (Å²) in [6, 6.07) is 4.46. The van der Waals surface area contributed by atoms with Crippen molar-refractivity contribution in [3.63, 3.8) is 0 Å². The number of fused-ring (bicyclic) bond motifs is 1. The van der Waals surface area contributed by atoms with E-state index >= 15 is 0 Å². The molecule has 0 spiro atoms. The van der Waals surface area contributed by atoms with E-state index in [1.807, 2.05) is 6.92 Å². The number of hydrogen-bond acceptors (Lipinski definition) is 6. The average molecular weight is 300 g/mol. The van der Waals surface area contributed by atoms with Gasteiger partial charge in [0.05, 0.1) is 38.3 Å². The molecule has 0 bridgehead atoms. The minimum atomic E-state index is -1.22. The molecule has 1 unspecified atom stereocenters. The van der Waals surface area contributed by atoms with Crippen LogP contribution in [0.2, 0.25) is 0 Å². The molecule has 0 N–H and O–H groups in total. The number of nitrogens with zero attached hydrogens (tertiary/aromatic N) is 2. The molecule has 102 valence electrons. The summed E-state index contributed by atoms with van der Waals surface area (Å²) in [4.78, 5) is 14.4. The van der Waals surface area contributed by atoms with E-state index < -0.39 is 15.7 Å². The number of aromatic nitrogens is 1. The van der Waals surface area contributed by atoms with Crippen molar-refractivity contribution in [1.29, 1.82) is 0 Å². The Kier molecular flexibility index (Phi) is 4.56. The van der Waals surface area contributed by atoms with E-state index in [0.29, 0.717) is 28.8 Å². The summed E-state index contributed by atoms with van der Waals surface area (Å²) >= 11 is 1.29. The van der Waals surface area contributed by atoms with Crippen molar-refractivity contribution in [2.45, 2.75) is 11.3 Å². The van der Waals surface area contributed by atoms with Crippen molar-refractivity contribution >= 4 is 38.0 Å². The molecule has 0 radical (unpaired) electrons. The number of hydrogen-bond donors (Lipinski definition) is 0. The molecule has 0 aliphatic heterocycles. The van der Waals surface area contributed by atoms with Crippen LogP contribution in [-0.2, 0) is 15.5 Å². The van der Waals surface area contributed by atoms with Crippen molar-refractivity contribution in [1.82, 2.24) is 4.98 Å². The van der Waals surface area contributed by atoms with Gasteiger partial charge in [0.15, 0.2) is 4.34 Å². The summed E-state index contributed by atoms with van der Waals surface area (Å²) < 4.78 is 18.4. The summed E-state index contributed by atoms with van der Waals surface area (Å²) in [5, 5.41) is 10.7. The fraction of sp³-hybridized carbons (Fsp3) is 0.364. The molecule has 1 aromatic heterocycles. The Morgan fingerprint density at radius 2 is 2.32 bits per heavy atom. The van der Waals surface area contributed by atoms with Gasteiger partial charge in [-0.2, -0.15) is 0 Å². The van der Waals surface area contributed by atoms with Gasteiger partial charge in [0.2, 0.25) is 0 Å². The summed E-state index contributed by atoms with van der Waals surface area (Å²) in [7, 11) is -1.22. The Morgan fingerprint density at radius 3 is 3.00 bits per heavy atom. The van der Waals surface area contributed by atoms with E-state index in [0.717, 1.165) is 4.70 Å². The van der Waals surface area contributed by atoms with Gasteiger partial charge >= 0.3 is 0 Å². The fourth-order valence-corrected chi connectivity index (χ4v) is 3.68. The minimum absolute atomic E-state index is 0.00977. The molecule has 8 heteroatoms. The third-order valence-electron chi connectivity index (χ3n) is 2.37. The van der Waals surface area contributed by atoms with Gasteiger partial charge < -0.3 is 4.74 Å². The Morgan fingerprint density at radius 1 is 1.53 bits per heavy atom. The SMILES string of the molecule is CCOCCS(=O)c1nc2cc([N+](=O)[O-])ccc2s1. The predicted molar refractivity (Wildman–Crippen MR) is 74.0 cm³/mol. The predicted octanol–water partition coefficient (Wildman–Crippen LogP) is 2.35. The van der Waals surface area contributed by atoms with Crippen LogP contribution >= 0.6 is 11.3 Å². The monoisotopic (exact) mass is 300 g/mol. The van der Waals surface area contributed by atoms with Gasteiger partial charge in [-0.3, -0.25) is 14.3 Å².